The van der Waals surface area contributed by atoms with E-state index in [1.807, 2.05) is 24.3 Å². The zero-order valence-corrected chi connectivity index (χ0v) is 20.6. The molecule has 0 bridgehead atoms. The van der Waals surface area contributed by atoms with E-state index in [0.29, 0.717) is 25.3 Å². The summed E-state index contributed by atoms with van der Waals surface area (Å²) in [6.45, 7) is 5.56. The van der Waals surface area contributed by atoms with Crippen molar-refractivity contribution in [3.05, 3.63) is 45.6 Å². The molecule has 0 saturated carbocycles. The van der Waals surface area contributed by atoms with Crippen LogP contribution in [-0.2, 0) is 15.6 Å². The van der Waals surface area contributed by atoms with Gasteiger partial charge in [0.15, 0.2) is 9.84 Å². The Balaban J connectivity index is 1.44. The van der Waals surface area contributed by atoms with Crippen LogP contribution in [0.15, 0.2) is 29.2 Å². The van der Waals surface area contributed by atoms with Crippen LogP contribution in [0.25, 0.3) is 10.2 Å². The highest BCUT2D eigenvalue weighted by atomic mass is 35.5. The number of aryl methyl sites for hydroxylation is 2. The minimum absolute atomic E-state index is 0.0497. The molecule has 0 unspecified atom stereocenters. The Morgan fingerprint density at radius 2 is 1.97 bits per heavy atom. The van der Waals surface area contributed by atoms with E-state index >= 15 is 0 Å². The number of rotatable bonds is 8. The molecule has 0 amide bonds. The Morgan fingerprint density at radius 3 is 2.68 bits per heavy atom. The molecule has 3 heterocycles. The highest BCUT2D eigenvalue weighted by Crippen LogP contribution is 2.34. The number of thioether (sulfide) groups is 1. The van der Waals surface area contributed by atoms with Gasteiger partial charge in [-0.15, -0.1) is 23.1 Å². The van der Waals surface area contributed by atoms with Gasteiger partial charge in [-0.25, -0.2) is 18.4 Å². The summed E-state index contributed by atoms with van der Waals surface area (Å²) in [6.07, 6.45) is 0.689. The number of hydrogen-bond donors (Lipinski definition) is 2. The van der Waals surface area contributed by atoms with Gasteiger partial charge < -0.3 is 10.6 Å². The van der Waals surface area contributed by atoms with Gasteiger partial charge >= 0.3 is 0 Å². The highest BCUT2D eigenvalue weighted by Gasteiger charge is 2.27. The molecule has 6 nitrogen and oxygen atoms in total. The summed E-state index contributed by atoms with van der Waals surface area (Å²) >= 11 is 9.34. The fourth-order valence-corrected chi connectivity index (χ4v) is 7.21. The maximum atomic E-state index is 11.6. The predicted octanol–water partition coefficient (Wildman–Crippen LogP) is 4.44. The molecular formula is C21H25ClN4O2S3. The van der Waals surface area contributed by atoms with Crippen LogP contribution in [0.4, 0.5) is 5.82 Å². The summed E-state index contributed by atoms with van der Waals surface area (Å²) in [7, 11) is -2.87. The van der Waals surface area contributed by atoms with Gasteiger partial charge in [0, 0.05) is 33.9 Å². The van der Waals surface area contributed by atoms with E-state index in [1.165, 1.54) is 10.4 Å². The van der Waals surface area contributed by atoms with E-state index < -0.39 is 9.84 Å². The van der Waals surface area contributed by atoms with Crippen LogP contribution >= 0.6 is 34.7 Å². The summed E-state index contributed by atoms with van der Waals surface area (Å²) in [5.74, 6) is 2.82. The Labute approximate surface area is 196 Å². The zero-order valence-electron chi connectivity index (χ0n) is 17.4. The number of hydrogen-bond acceptors (Lipinski definition) is 8. The van der Waals surface area contributed by atoms with Gasteiger partial charge in [0.25, 0.3) is 0 Å². The molecule has 1 saturated heterocycles. The molecule has 10 heteroatoms. The Hall–Kier alpha value is -1.39. The highest BCUT2D eigenvalue weighted by molar-refractivity contribution is 7.98. The molecule has 4 rings (SSSR count). The maximum Gasteiger partial charge on any atom is 0.151 e. The molecule has 1 aromatic carbocycles. The van der Waals surface area contributed by atoms with Crippen molar-refractivity contribution in [3.63, 3.8) is 0 Å². The van der Waals surface area contributed by atoms with Crippen LogP contribution in [0.2, 0.25) is 5.02 Å². The molecule has 3 aromatic rings. The van der Waals surface area contributed by atoms with Crippen LogP contribution in [-0.4, -0.2) is 49.0 Å². The van der Waals surface area contributed by atoms with Crippen LogP contribution in [0, 0.1) is 13.8 Å². The lowest BCUT2D eigenvalue weighted by Gasteiger charge is -2.13. The summed E-state index contributed by atoms with van der Waals surface area (Å²) in [5.41, 5.74) is 1.20. The van der Waals surface area contributed by atoms with Crippen molar-refractivity contribution in [2.24, 2.45) is 0 Å². The van der Waals surface area contributed by atoms with Crippen LogP contribution in [0.5, 0.6) is 0 Å². The smallest absolute Gasteiger partial charge is 0.151 e. The molecule has 2 aromatic heterocycles. The number of anilines is 1. The fraction of sp³-hybridized carbons (Fsp3) is 0.429. The third-order valence-electron chi connectivity index (χ3n) is 5.34. The Morgan fingerprint density at radius 1 is 1.19 bits per heavy atom. The van der Waals surface area contributed by atoms with E-state index in [1.54, 1.807) is 23.1 Å². The van der Waals surface area contributed by atoms with Crippen molar-refractivity contribution in [1.29, 1.82) is 0 Å². The topological polar surface area (TPSA) is 84.0 Å². The fourth-order valence-electron chi connectivity index (χ4n) is 3.58. The number of thiophene rings is 1. The Kier molecular flexibility index (Phi) is 7.07. The van der Waals surface area contributed by atoms with Crippen LogP contribution in [0.3, 0.4) is 0 Å². The lowest BCUT2D eigenvalue weighted by atomic mass is 10.2. The standard InChI is InChI=1S/C21H25ClN4O2S3/c1-13-14(2)30-21-19(13)20(24-9-8-23-16-7-10-31(27,28)12-16)25-18(26-21)11-29-17-5-3-15(22)4-6-17/h3-6,16,23H,7-12H2,1-2H3,(H,24,25,26)/t16-/m0/s1. The lowest BCUT2D eigenvalue weighted by molar-refractivity contribution is 0.565. The molecule has 1 fully saturated rings. The largest absolute Gasteiger partial charge is 0.368 e. The number of aromatic nitrogens is 2. The van der Waals surface area contributed by atoms with Gasteiger partial charge in [0.2, 0.25) is 0 Å². The minimum Gasteiger partial charge on any atom is -0.368 e. The van der Waals surface area contributed by atoms with Gasteiger partial charge in [-0.05, 0) is 50.1 Å². The summed E-state index contributed by atoms with van der Waals surface area (Å²) < 4.78 is 23.2. The van der Waals surface area contributed by atoms with Crippen LogP contribution in [0.1, 0.15) is 22.7 Å². The van der Waals surface area contributed by atoms with Crippen molar-refractivity contribution >= 4 is 60.6 Å². The molecule has 0 aliphatic carbocycles. The normalized spacial score (nSPS) is 18.0. The zero-order chi connectivity index (χ0) is 22.0. The molecule has 1 aliphatic heterocycles. The SMILES string of the molecule is Cc1sc2nc(CSc3ccc(Cl)cc3)nc(NCCN[C@H]3CCS(=O)(=O)C3)c2c1C. The van der Waals surface area contributed by atoms with Crippen molar-refractivity contribution in [2.75, 3.05) is 29.9 Å². The van der Waals surface area contributed by atoms with Crippen molar-refractivity contribution in [1.82, 2.24) is 15.3 Å². The maximum absolute atomic E-state index is 11.6. The average Bonchev–Trinajstić information content (AvgIpc) is 3.22. The number of sulfone groups is 1. The number of nitrogens with zero attached hydrogens (tertiary/aromatic N) is 2. The van der Waals surface area contributed by atoms with Crippen molar-refractivity contribution < 1.29 is 8.42 Å². The van der Waals surface area contributed by atoms with E-state index in [4.69, 9.17) is 21.6 Å². The molecular weight excluding hydrogens is 472 g/mol. The van der Waals surface area contributed by atoms with Crippen molar-refractivity contribution in [3.8, 4) is 0 Å². The van der Waals surface area contributed by atoms with Gasteiger partial charge in [0.05, 0.1) is 22.6 Å². The molecule has 0 spiro atoms. The molecule has 2 N–H and O–H groups in total. The second-order valence-electron chi connectivity index (χ2n) is 7.68. The lowest BCUT2D eigenvalue weighted by Crippen LogP contribution is -2.33. The number of nitrogens with one attached hydrogen (secondary N) is 2. The monoisotopic (exact) mass is 496 g/mol. The van der Waals surface area contributed by atoms with E-state index in [-0.39, 0.29) is 17.5 Å². The first-order valence-electron chi connectivity index (χ1n) is 10.1. The summed E-state index contributed by atoms with van der Waals surface area (Å²) in [5, 5.41) is 8.59. The molecule has 31 heavy (non-hydrogen) atoms. The molecule has 1 aliphatic rings. The second-order valence-corrected chi connectivity index (χ2v) is 12.6. The van der Waals surface area contributed by atoms with E-state index in [0.717, 1.165) is 31.8 Å². The first-order chi connectivity index (χ1) is 14.8. The van der Waals surface area contributed by atoms with E-state index in [9.17, 15) is 8.42 Å². The molecule has 166 valence electrons. The summed E-state index contributed by atoms with van der Waals surface area (Å²) in [6, 6.07) is 7.82. The number of fused-ring (bicyclic) bond motifs is 1. The molecule has 0 radical (unpaired) electrons. The second kappa shape index (κ2) is 9.62. The first-order valence-corrected chi connectivity index (χ1v) is 14.1. The average molecular weight is 497 g/mol. The van der Waals surface area contributed by atoms with Gasteiger partial charge in [-0.3, -0.25) is 0 Å². The molecule has 1 atom stereocenters. The first kappa shape index (κ1) is 22.8. The predicted molar refractivity (Wildman–Crippen MR) is 131 cm³/mol. The van der Waals surface area contributed by atoms with E-state index in [2.05, 4.69) is 24.5 Å². The summed E-state index contributed by atoms with van der Waals surface area (Å²) in [4.78, 5) is 13.0. The van der Waals surface area contributed by atoms with Gasteiger partial charge in [-0.1, -0.05) is 11.6 Å². The minimum atomic E-state index is -2.87. The van der Waals surface area contributed by atoms with Gasteiger partial charge in [0.1, 0.15) is 16.5 Å². The van der Waals surface area contributed by atoms with Crippen molar-refractivity contribution in [2.45, 2.75) is 37.0 Å². The third-order valence-corrected chi connectivity index (χ3v) is 9.47. The van der Waals surface area contributed by atoms with Crippen LogP contribution < -0.4 is 10.6 Å². The third kappa shape index (κ3) is 5.70. The quantitative estimate of drug-likeness (QED) is 0.352. The number of benzene rings is 1. The Bertz CT molecular complexity index is 1180. The number of halogens is 1. The van der Waals surface area contributed by atoms with Gasteiger partial charge in [-0.2, -0.15) is 0 Å².